The molecule has 2 nitrogen and oxygen atoms in total. The van der Waals surface area contributed by atoms with Crippen molar-refractivity contribution in [2.75, 3.05) is 20.1 Å². The number of halogens is 1. The van der Waals surface area contributed by atoms with Gasteiger partial charge in [0.25, 0.3) is 0 Å². The lowest BCUT2D eigenvalue weighted by molar-refractivity contribution is 0.0428. The summed E-state index contributed by atoms with van der Waals surface area (Å²) in [4.78, 5) is 6.89. The molecule has 136 valence electrons. The Hall–Kier alpha value is -1.74. The molecule has 1 heterocycles. The van der Waals surface area contributed by atoms with Gasteiger partial charge in [-0.05, 0) is 62.4 Å². The highest BCUT2D eigenvalue weighted by Crippen LogP contribution is 2.34. The van der Waals surface area contributed by atoms with Gasteiger partial charge in [-0.2, -0.15) is 0 Å². The van der Waals surface area contributed by atoms with Crippen LogP contribution in [0, 0.1) is 11.7 Å². The van der Waals surface area contributed by atoms with Crippen LogP contribution >= 0.6 is 0 Å². The smallest absolute Gasteiger partial charge is 0.127 e. The molecule has 25 heavy (non-hydrogen) atoms. The maximum atomic E-state index is 14.8. The van der Waals surface area contributed by atoms with Crippen molar-refractivity contribution >= 4 is 11.3 Å². The maximum absolute atomic E-state index is 14.8. The predicted molar refractivity (Wildman–Crippen MR) is 107 cm³/mol. The number of allylic oxidation sites excluding steroid dienone is 1. The van der Waals surface area contributed by atoms with Gasteiger partial charge in [0.2, 0.25) is 0 Å². The van der Waals surface area contributed by atoms with Crippen LogP contribution < -0.4 is 0 Å². The van der Waals surface area contributed by atoms with Crippen LogP contribution in [0.1, 0.15) is 56.7 Å². The van der Waals surface area contributed by atoms with E-state index in [2.05, 4.69) is 43.9 Å². The van der Waals surface area contributed by atoms with Crippen LogP contribution in [0.15, 0.2) is 36.4 Å². The number of aliphatic imine (C=N–C) groups is 1. The molecule has 1 aromatic carbocycles. The van der Waals surface area contributed by atoms with Crippen molar-refractivity contribution in [2.45, 2.75) is 46.1 Å². The first-order chi connectivity index (χ1) is 11.8. The first-order valence-electron chi connectivity index (χ1n) is 9.08. The standard InChI is InChI=1S/C22H31FN2/c1-8-9-24-17(6)20-11-19(21(23)12-18(20)14(2)3)15(4)10-22-16(5)13-25(22)7/h8,11-12,15-16,22H,1-2,9-10,13H2,3-7H3/b24-17-. The van der Waals surface area contributed by atoms with Crippen LogP contribution in [-0.4, -0.2) is 36.8 Å². The molecule has 0 radical (unpaired) electrons. The Kier molecular flexibility index (Phi) is 6.34. The number of benzene rings is 1. The largest absolute Gasteiger partial charge is 0.303 e. The van der Waals surface area contributed by atoms with Gasteiger partial charge in [-0.3, -0.25) is 4.99 Å². The maximum Gasteiger partial charge on any atom is 0.127 e. The average Bonchev–Trinajstić information content (AvgIpc) is 2.57. The van der Waals surface area contributed by atoms with Crippen LogP contribution in [0.3, 0.4) is 0 Å². The molecule has 0 amide bonds. The van der Waals surface area contributed by atoms with E-state index in [9.17, 15) is 4.39 Å². The quantitative estimate of drug-likeness (QED) is 0.485. The zero-order chi connectivity index (χ0) is 18.7. The lowest BCUT2D eigenvalue weighted by Gasteiger charge is -2.45. The highest BCUT2D eigenvalue weighted by Gasteiger charge is 2.34. The van der Waals surface area contributed by atoms with Gasteiger partial charge in [-0.15, -0.1) is 6.58 Å². The van der Waals surface area contributed by atoms with Crippen LogP contribution in [0.5, 0.6) is 0 Å². The summed E-state index contributed by atoms with van der Waals surface area (Å²) in [6.45, 7) is 17.7. The van der Waals surface area contributed by atoms with Crippen molar-refractivity contribution in [1.82, 2.24) is 4.90 Å². The molecule has 2 rings (SSSR count). The molecule has 1 aliphatic rings. The lowest BCUT2D eigenvalue weighted by Crippen LogP contribution is -2.52. The van der Waals surface area contributed by atoms with Gasteiger partial charge in [0.15, 0.2) is 0 Å². The highest BCUT2D eigenvalue weighted by atomic mass is 19.1. The predicted octanol–water partition coefficient (Wildman–Crippen LogP) is 5.30. The van der Waals surface area contributed by atoms with E-state index < -0.39 is 0 Å². The molecule has 1 saturated heterocycles. The zero-order valence-electron chi connectivity index (χ0n) is 16.3. The summed E-state index contributed by atoms with van der Waals surface area (Å²) in [5.74, 6) is 0.710. The molecule has 1 aromatic rings. The summed E-state index contributed by atoms with van der Waals surface area (Å²) < 4.78 is 14.8. The molecule has 0 bridgehead atoms. The number of nitrogens with zero attached hydrogens (tertiary/aromatic N) is 2. The zero-order valence-corrected chi connectivity index (χ0v) is 16.3. The van der Waals surface area contributed by atoms with E-state index in [0.717, 1.165) is 40.9 Å². The monoisotopic (exact) mass is 342 g/mol. The van der Waals surface area contributed by atoms with E-state index in [-0.39, 0.29) is 11.7 Å². The minimum atomic E-state index is -0.139. The van der Waals surface area contributed by atoms with E-state index in [0.29, 0.717) is 18.5 Å². The Morgan fingerprint density at radius 3 is 2.60 bits per heavy atom. The van der Waals surface area contributed by atoms with Crippen molar-refractivity contribution in [1.29, 1.82) is 0 Å². The summed E-state index contributed by atoms with van der Waals surface area (Å²) in [6, 6.07) is 4.15. The van der Waals surface area contributed by atoms with Crippen LogP contribution in [0.2, 0.25) is 0 Å². The fourth-order valence-electron chi connectivity index (χ4n) is 3.82. The Labute approximate surface area is 152 Å². The molecule has 1 aliphatic heterocycles. The molecule has 0 saturated carbocycles. The molecular weight excluding hydrogens is 311 g/mol. The average molecular weight is 343 g/mol. The van der Waals surface area contributed by atoms with Gasteiger partial charge in [-0.1, -0.05) is 32.1 Å². The van der Waals surface area contributed by atoms with E-state index >= 15 is 0 Å². The van der Waals surface area contributed by atoms with Crippen molar-refractivity contribution in [3.8, 4) is 0 Å². The molecule has 3 atom stereocenters. The Morgan fingerprint density at radius 1 is 1.40 bits per heavy atom. The number of hydrogen-bond donors (Lipinski definition) is 0. The van der Waals surface area contributed by atoms with Crippen molar-refractivity contribution in [3.63, 3.8) is 0 Å². The molecule has 0 aliphatic carbocycles. The first-order valence-corrected chi connectivity index (χ1v) is 9.08. The molecule has 0 aromatic heterocycles. The highest BCUT2D eigenvalue weighted by molar-refractivity contribution is 6.03. The van der Waals surface area contributed by atoms with Gasteiger partial charge in [-0.25, -0.2) is 4.39 Å². The van der Waals surface area contributed by atoms with Gasteiger partial charge < -0.3 is 4.90 Å². The fourth-order valence-corrected chi connectivity index (χ4v) is 3.82. The second-order valence-corrected chi connectivity index (χ2v) is 7.54. The van der Waals surface area contributed by atoms with E-state index in [4.69, 9.17) is 0 Å². The number of hydrogen-bond acceptors (Lipinski definition) is 2. The normalized spacial score (nSPS) is 22.4. The Bertz CT molecular complexity index is 682. The van der Waals surface area contributed by atoms with Crippen molar-refractivity contribution < 1.29 is 4.39 Å². The minimum absolute atomic E-state index is 0.139. The minimum Gasteiger partial charge on any atom is -0.303 e. The van der Waals surface area contributed by atoms with Crippen molar-refractivity contribution in [3.05, 3.63) is 53.9 Å². The molecule has 3 heteroatoms. The Balaban J connectivity index is 2.38. The second kappa shape index (κ2) is 8.09. The SMILES string of the molecule is C=CC/N=C(/C)c1cc(C(C)CC2C(C)CN2C)c(F)cc1C(=C)C. The van der Waals surface area contributed by atoms with Gasteiger partial charge in [0.05, 0.1) is 6.54 Å². The summed E-state index contributed by atoms with van der Waals surface area (Å²) in [5.41, 5.74) is 4.36. The van der Waals surface area contributed by atoms with Gasteiger partial charge in [0, 0.05) is 23.9 Å². The van der Waals surface area contributed by atoms with E-state index in [1.165, 1.54) is 0 Å². The second-order valence-electron chi connectivity index (χ2n) is 7.54. The van der Waals surface area contributed by atoms with Gasteiger partial charge >= 0.3 is 0 Å². The topological polar surface area (TPSA) is 15.6 Å². The van der Waals surface area contributed by atoms with Gasteiger partial charge in [0.1, 0.15) is 5.82 Å². The third kappa shape index (κ3) is 4.27. The van der Waals surface area contributed by atoms with Crippen LogP contribution in [-0.2, 0) is 0 Å². The summed E-state index contributed by atoms with van der Waals surface area (Å²) >= 11 is 0. The Morgan fingerprint density at radius 2 is 2.08 bits per heavy atom. The molecule has 0 N–H and O–H groups in total. The molecule has 0 spiro atoms. The van der Waals surface area contributed by atoms with E-state index in [1.807, 2.05) is 19.9 Å². The number of rotatable bonds is 7. The molecular formula is C22H31FN2. The summed E-state index contributed by atoms with van der Waals surface area (Å²) in [7, 11) is 2.15. The lowest BCUT2D eigenvalue weighted by atomic mass is 9.81. The third-order valence-electron chi connectivity index (χ3n) is 5.37. The first kappa shape index (κ1) is 19.6. The van der Waals surface area contributed by atoms with Crippen molar-refractivity contribution in [2.24, 2.45) is 10.9 Å². The fraction of sp³-hybridized carbons (Fsp3) is 0.500. The third-order valence-corrected chi connectivity index (χ3v) is 5.37. The van der Waals surface area contributed by atoms with E-state index in [1.54, 1.807) is 12.1 Å². The summed E-state index contributed by atoms with van der Waals surface area (Å²) in [6.07, 6.45) is 2.74. The van der Waals surface area contributed by atoms with Crippen LogP contribution in [0.4, 0.5) is 4.39 Å². The molecule has 1 fully saturated rings. The summed E-state index contributed by atoms with van der Waals surface area (Å²) in [5, 5.41) is 0. The van der Waals surface area contributed by atoms with Crippen LogP contribution in [0.25, 0.3) is 5.57 Å². The number of likely N-dealkylation sites (tertiary alicyclic amines) is 1. The molecule has 3 unspecified atom stereocenters.